The van der Waals surface area contributed by atoms with Crippen molar-refractivity contribution in [3.8, 4) is 0 Å². The lowest BCUT2D eigenvalue weighted by atomic mass is 10.0. The second kappa shape index (κ2) is 43.0. The van der Waals surface area contributed by atoms with Crippen LogP contribution in [0.5, 0.6) is 0 Å². The fourth-order valence-corrected chi connectivity index (χ4v) is 6.05. The van der Waals surface area contributed by atoms with E-state index in [1.165, 1.54) is 109 Å². The van der Waals surface area contributed by atoms with E-state index in [1.54, 1.807) is 0 Å². The second-order valence-electron chi connectivity index (χ2n) is 14.4. The number of hydrogen-bond acceptors (Lipinski definition) is 5. The minimum Gasteiger partial charge on any atom is -0.462 e. The zero-order valence-electron chi connectivity index (χ0n) is 34.1. The monoisotopic (exact) mass is 727 g/mol. The Morgan fingerprint density at radius 1 is 0.462 bits per heavy atom. The Morgan fingerprint density at radius 2 is 0.827 bits per heavy atom. The van der Waals surface area contributed by atoms with Crippen molar-refractivity contribution in [3.63, 3.8) is 0 Å². The van der Waals surface area contributed by atoms with Gasteiger partial charge in [-0.05, 0) is 57.8 Å². The first-order valence-corrected chi connectivity index (χ1v) is 21.8. The van der Waals surface area contributed by atoms with Crippen LogP contribution in [0.2, 0.25) is 0 Å². The van der Waals surface area contributed by atoms with Crippen LogP contribution in [0, 0.1) is 0 Å². The largest absolute Gasteiger partial charge is 0.462 e. The van der Waals surface area contributed by atoms with E-state index in [0.29, 0.717) is 12.8 Å². The fourth-order valence-electron chi connectivity index (χ4n) is 6.05. The molecule has 0 aromatic carbocycles. The Balaban J connectivity index is 3.45. The Morgan fingerprint density at radius 3 is 1.25 bits per heavy atom. The Bertz CT molecular complexity index is 915. The van der Waals surface area contributed by atoms with Gasteiger partial charge in [0.1, 0.15) is 6.61 Å². The predicted molar refractivity (Wildman–Crippen MR) is 223 cm³/mol. The van der Waals surface area contributed by atoms with E-state index in [-0.39, 0.29) is 25.2 Å². The number of esters is 2. The molecule has 0 aliphatic rings. The molecule has 5 heteroatoms. The van der Waals surface area contributed by atoms with Gasteiger partial charge in [0.05, 0.1) is 6.61 Å². The highest BCUT2D eigenvalue weighted by atomic mass is 16.6. The third-order valence-corrected chi connectivity index (χ3v) is 9.33. The quantitative estimate of drug-likeness (QED) is 0.0388. The Kier molecular flexibility index (Phi) is 41.0. The third-order valence-electron chi connectivity index (χ3n) is 9.33. The molecule has 300 valence electrons. The van der Waals surface area contributed by atoms with E-state index >= 15 is 0 Å². The molecule has 1 atom stereocenters. The summed E-state index contributed by atoms with van der Waals surface area (Å²) < 4.78 is 10.6. The molecule has 0 heterocycles. The molecule has 0 amide bonds. The van der Waals surface area contributed by atoms with Gasteiger partial charge >= 0.3 is 11.9 Å². The average Bonchev–Trinajstić information content (AvgIpc) is 3.15. The zero-order chi connectivity index (χ0) is 37.8. The first-order chi connectivity index (χ1) is 25.6. The summed E-state index contributed by atoms with van der Waals surface area (Å²) in [5, 5.41) is 9.52. The molecule has 0 aliphatic heterocycles. The summed E-state index contributed by atoms with van der Waals surface area (Å²) in [7, 11) is 0. The molecule has 0 spiro atoms. The molecule has 0 aliphatic carbocycles. The van der Waals surface area contributed by atoms with Crippen molar-refractivity contribution < 1.29 is 24.2 Å². The summed E-state index contributed by atoms with van der Waals surface area (Å²) in [4.78, 5) is 24.1. The summed E-state index contributed by atoms with van der Waals surface area (Å²) in [6.07, 6.45) is 56.1. The van der Waals surface area contributed by atoms with Crippen molar-refractivity contribution in [1.29, 1.82) is 0 Å². The molecular weight excluding hydrogens is 645 g/mol. The van der Waals surface area contributed by atoms with E-state index < -0.39 is 6.10 Å². The number of hydrogen-bond donors (Lipinski definition) is 1. The summed E-state index contributed by atoms with van der Waals surface area (Å²) in [5.74, 6) is -0.596. The number of aliphatic hydroxyl groups is 1. The number of ether oxygens (including phenoxy) is 2. The topological polar surface area (TPSA) is 72.8 Å². The number of unbranched alkanes of at least 4 members (excludes halogenated alkanes) is 21. The maximum absolute atomic E-state index is 12.2. The SMILES string of the molecule is CC/C=C\C/C=C\C/C=C\C/C=C\C/C=C\CCCCCCCCCCCCCCCCCC(=O)OC(CO)COC(=O)CCCCCCCCC. The minimum atomic E-state index is -0.767. The Hall–Kier alpha value is -2.40. The molecular formula is C47H82O5. The highest BCUT2D eigenvalue weighted by Crippen LogP contribution is 2.15. The van der Waals surface area contributed by atoms with Crippen LogP contribution >= 0.6 is 0 Å². The van der Waals surface area contributed by atoms with E-state index in [1.807, 2.05) is 0 Å². The van der Waals surface area contributed by atoms with Crippen molar-refractivity contribution in [3.05, 3.63) is 60.8 Å². The number of rotatable bonds is 39. The molecule has 1 N–H and O–H groups in total. The predicted octanol–water partition coefficient (Wildman–Crippen LogP) is 14.0. The molecule has 0 bridgehead atoms. The van der Waals surface area contributed by atoms with Gasteiger partial charge < -0.3 is 14.6 Å². The molecule has 0 saturated carbocycles. The van der Waals surface area contributed by atoms with Crippen LogP contribution in [0.15, 0.2) is 60.8 Å². The van der Waals surface area contributed by atoms with Gasteiger partial charge in [-0.15, -0.1) is 0 Å². The van der Waals surface area contributed by atoms with Crippen LogP contribution in [0.25, 0.3) is 0 Å². The van der Waals surface area contributed by atoms with Gasteiger partial charge in [-0.25, -0.2) is 0 Å². The number of carbonyl (C=O) groups is 2. The highest BCUT2D eigenvalue weighted by molar-refractivity contribution is 5.70. The van der Waals surface area contributed by atoms with Gasteiger partial charge in [-0.1, -0.05) is 197 Å². The summed E-state index contributed by atoms with van der Waals surface area (Å²) >= 11 is 0. The molecule has 0 rings (SSSR count). The standard InChI is InChI=1S/C47H82O5/c1-3-5-7-9-11-12-13-14-15-16-17-18-19-20-21-22-23-24-25-26-27-28-29-30-31-32-33-34-36-38-40-42-47(50)52-45(43-48)44-51-46(49)41-39-37-35-10-8-6-4-2/h5,7,11-12,14-15,17-18,20-21,45,48H,3-4,6,8-10,13,16,19,22-44H2,1-2H3/b7-5-,12-11-,15-14-,18-17-,21-20-. The van der Waals surface area contributed by atoms with E-state index in [0.717, 1.165) is 70.6 Å². The van der Waals surface area contributed by atoms with Crippen LogP contribution in [-0.4, -0.2) is 36.4 Å². The van der Waals surface area contributed by atoms with Crippen LogP contribution in [0.3, 0.4) is 0 Å². The maximum Gasteiger partial charge on any atom is 0.306 e. The number of allylic oxidation sites excluding steroid dienone is 10. The lowest BCUT2D eigenvalue weighted by molar-refractivity contribution is -0.161. The molecule has 52 heavy (non-hydrogen) atoms. The minimum absolute atomic E-state index is 0.0649. The molecule has 5 nitrogen and oxygen atoms in total. The highest BCUT2D eigenvalue weighted by Gasteiger charge is 2.16. The van der Waals surface area contributed by atoms with Gasteiger partial charge in [-0.2, -0.15) is 0 Å². The van der Waals surface area contributed by atoms with Crippen LogP contribution in [-0.2, 0) is 19.1 Å². The third kappa shape index (κ3) is 40.4. The van der Waals surface area contributed by atoms with Crippen molar-refractivity contribution >= 4 is 11.9 Å². The van der Waals surface area contributed by atoms with Crippen molar-refractivity contribution in [2.75, 3.05) is 13.2 Å². The maximum atomic E-state index is 12.2. The number of aliphatic hydroxyl groups excluding tert-OH is 1. The molecule has 0 saturated heterocycles. The van der Waals surface area contributed by atoms with Crippen LogP contribution in [0.4, 0.5) is 0 Å². The molecule has 0 radical (unpaired) electrons. The zero-order valence-corrected chi connectivity index (χ0v) is 34.1. The lowest BCUT2D eigenvalue weighted by Crippen LogP contribution is -2.28. The van der Waals surface area contributed by atoms with E-state index in [9.17, 15) is 14.7 Å². The van der Waals surface area contributed by atoms with E-state index in [4.69, 9.17) is 9.47 Å². The molecule has 0 fully saturated rings. The second-order valence-corrected chi connectivity index (χ2v) is 14.4. The fraction of sp³-hybridized carbons (Fsp3) is 0.745. The van der Waals surface area contributed by atoms with Gasteiger partial charge in [0.15, 0.2) is 6.10 Å². The van der Waals surface area contributed by atoms with Crippen molar-refractivity contribution in [2.24, 2.45) is 0 Å². The van der Waals surface area contributed by atoms with Crippen molar-refractivity contribution in [1.82, 2.24) is 0 Å². The molecule has 1 unspecified atom stereocenters. The normalized spacial score (nSPS) is 12.8. The van der Waals surface area contributed by atoms with Crippen LogP contribution in [0.1, 0.15) is 206 Å². The summed E-state index contributed by atoms with van der Waals surface area (Å²) in [6, 6.07) is 0. The first-order valence-electron chi connectivity index (χ1n) is 21.8. The van der Waals surface area contributed by atoms with E-state index in [2.05, 4.69) is 74.6 Å². The molecule has 0 aromatic rings. The first kappa shape index (κ1) is 49.6. The van der Waals surface area contributed by atoms with Gasteiger partial charge in [0, 0.05) is 12.8 Å². The van der Waals surface area contributed by atoms with Crippen LogP contribution < -0.4 is 0 Å². The van der Waals surface area contributed by atoms with Gasteiger partial charge in [0.25, 0.3) is 0 Å². The summed E-state index contributed by atoms with van der Waals surface area (Å²) in [5.41, 5.74) is 0. The lowest BCUT2D eigenvalue weighted by Gasteiger charge is -2.15. The van der Waals surface area contributed by atoms with Gasteiger partial charge in [0.2, 0.25) is 0 Å². The van der Waals surface area contributed by atoms with Gasteiger partial charge in [-0.3, -0.25) is 9.59 Å². The number of carbonyl (C=O) groups excluding carboxylic acids is 2. The smallest absolute Gasteiger partial charge is 0.306 e. The average molecular weight is 727 g/mol. The summed E-state index contributed by atoms with van der Waals surface area (Å²) in [6.45, 7) is 3.98. The Labute approximate surface area is 321 Å². The molecule has 0 aromatic heterocycles. The van der Waals surface area contributed by atoms with Crippen molar-refractivity contribution in [2.45, 2.75) is 213 Å².